The smallest absolute Gasteiger partial charge is 0.198 e. The monoisotopic (exact) mass is 680 g/mol. The summed E-state index contributed by atoms with van der Waals surface area (Å²) in [6, 6.07) is 51.2. The Kier molecular flexibility index (Phi) is 5.73. The summed E-state index contributed by atoms with van der Waals surface area (Å²) in [6.45, 7) is 2.19. The quantitative estimate of drug-likeness (QED) is 0.189. The predicted octanol–water partition coefficient (Wildman–Crippen LogP) is 11.2. The molecule has 0 amide bonds. The lowest BCUT2D eigenvalue weighted by Gasteiger charge is -2.27. The molecular weight excluding hydrogens is 651 g/mol. The highest BCUT2D eigenvalue weighted by Gasteiger charge is 2.29. The zero-order valence-corrected chi connectivity index (χ0v) is 28.7. The summed E-state index contributed by atoms with van der Waals surface area (Å²) in [5.74, 6) is 2.73. The molecule has 0 atom stereocenters. The third-order valence-electron chi connectivity index (χ3n) is 11.1. The van der Waals surface area contributed by atoms with Gasteiger partial charge in [-0.05, 0) is 76.8 Å². The standard InChI is InChI=1S/C47H29BN2O3/c1-26-22-33(45-38(23-26)50-37-21-20-27-10-2-3-11-28(27)44(37)31-14-8-15-34(48-45)46(31)50)32-24-42-43(52-41-19-7-6-18-40(41)51-42)25-36(32)49-35-16-9-13-30-29-12-4-5-17-39(29)53-47(30)35/h2-25,48-49H,1H3. The van der Waals surface area contributed by atoms with E-state index in [0.29, 0.717) is 23.0 Å². The first-order chi connectivity index (χ1) is 26.2. The fraction of sp³-hybridized carbons (Fsp3) is 0.0213. The fourth-order valence-electron chi connectivity index (χ4n) is 8.81. The van der Waals surface area contributed by atoms with Crippen molar-refractivity contribution in [2.24, 2.45) is 0 Å². The predicted molar refractivity (Wildman–Crippen MR) is 218 cm³/mol. The summed E-state index contributed by atoms with van der Waals surface area (Å²) >= 11 is 0. The molecule has 5 nitrogen and oxygen atoms in total. The van der Waals surface area contributed by atoms with E-state index < -0.39 is 0 Å². The zero-order chi connectivity index (χ0) is 34.8. The van der Waals surface area contributed by atoms with Gasteiger partial charge in [0, 0.05) is 44.4 Å². The number of para-hydroxylation sites is 5. The van der Waals surface area contributed by atoms with Crippen molar-refractivity contribution in [3.63, 3.8) is 0 Å². The SMILES string of the molecule is Cc1cc(-c2cc3c(cc2Nc2cccc4c2oc2ccccc24)Oc2ccccc2O3)c2c(c1)-n1c3ccc4ccccc4c3c3cccc(c31)B2. The topological polar surface area (TPSA) is 48.6 Å². The first-order valence-corrected chi connectivity index (χ1v) is 18.0. The van der Waals surface area contributed by atoms with Crippen LogP contribution in [-0.2, 0) is 0 Å². The minimum atomic E-state index is 0.656. The first kappa shape index (κ1) is 28.7. The number of furan rings is 1. The highest BCUT2D eigenvalue weighted by molar-refractivity contribution is 6.73. The number of fused-ring (bicyclic) bond motifs is 12. The van der Waals surface area contributed by atoms with E-state index >= 15 is 0 Å². The third-order valence-corrected chi connectivity index (χ3v) is 11.1. The van der Waals surface area contributed by atoms with E-state index in [1.807, 2.05) is 36.4 Å². The van der Waals surface area contributed by atoms with Crippen LogP contribution in [0.4, 0.5) is 11.4 Å². The summed E-state index contributed by atoms with van der Waals surface area (Å²) in [5.41, 5.74) is 13.1. The van der Waals surface area contributed by atoms with E-state index in [1.54, 1.807) is 0 Å². The van der Waals surface area contributed by atoms with Crippen LogP contribution in [0.5, 0.6) is 23.0 Å². The number of anilines is 2. The number of nitrogens with one attached hydrogen (secondary N) is 1. The third kappa shape index (κ3) is 4.09. The van der Waals surface area contributed by atoms with Gasteiger partial charge in [-0.25, -0.2) is 0 Å². The Morgan fingerprint density at radius 2 is 1.30 bits per heavy atom. The van der Waals surface area contributed by atoms with Crippen LogP contribution >= 0.6 is 0 Å². The maximum atomic E-state index is 6.54. The van der Waals surface area contributed by atoms with Gasteiger partial charge in [-0.2, -0.15) is 0 Å². The lowest BCUT2D eigenvalue weighted by molar-refractivity contribution is 0.360. The Bertz CT molecular complexity index is 3210. The van der Waals surface area contributed by atoms with Gasteiger partial charge in [0.1, 0.15) is 5.58 Å². The summed E-state index contributed by atoms with van der Waals surface area (Å²) in [6.07, 6.45) is 0. The minimum Gasteiger partial charge on any atom is -0.454 e. The Balaban J connectivity index is 1.12. The van der Waals surface area contributed by atoms with Gasteiger partial charge >= 0.3 is 0 Å². The second-order valence-electron chi connectivity index (χ2n) is 14.2. The average Bonchev–Trinajstić information content (AvgIpc) is 3.75. The second-order valence-corrected chi connectivity index (χ2v) is 14.2. The maximum Gasteiger partial charge on any atom is 0.198 e. The van der Waals surface area contributed by atoms with E-state index in [4.69, 9.17) is 13.9 Å². The van der Waals surface area contributed by atoms with E-state index in [9.17, 15) is 0 Å². The maximum absolute atomic E-state index is 6.54. The summed E-state index contributed by atoms with van der Waals surface area (Å²) in [7, 11) is 0.798. The van der Waals surface area contributed by atoms with E-state index in [2.05, 4.69) is 126 Å². The molecule has 0 radical (unpaired) electrons. The molecule has 2 aliphatic heterocycles. The average molecular weight is 681 g/mol. The van der Waals surface area contributed by atoms with Crippen LogP contribution in [0.2, 0.25) is 0 Å². The van der Waals surface area contributed by atoms with Crippen LogP contribution in [0, 0.1) is 6.92 Å². The Labute approximate surface area is 304 Å². The molecule has 0 bridgehead atoms. The van der Waals surface area contributed by atoms with E-state index in [0.717, 1.165) is 51.7 Å². The number of aromatic nitrogens is 1. The molecule has 2 aromatic heterocycles. The lowest BCUT2D eigenvalue weighted by atomic mass is 9.59. The molecule has 0 spiro atoms. The van der Waals surface area contributed by atoms with Crippen LogP contribution in [0.3, 0.4) is 0 Å². The van der Waals surface area contributed by atoms with Crippen LogP contribution < -0.4 is 25.7 Å². The second kappa shape index (κ2) is 10.6. The summed E-state index contributed by atoms with van der Waals surface area (Å²) in [5, 5.41) is 11.1. The van der Waals surface area contributed by atoms with Crippen molar-refractivity contribution in [1.82, 2.24) is 4.57 Å². The molecule has 0 saturated heterocycles. The molecule has 0 unspecified atom stereocenters. The van der Waals surface area contributed by atoms with Crippen molar-refractivity contribution < 1.29 is 13.9 Å². The number of benzene rings is 8. The van der Waals surface area contributed by atoms with Gasteiger partial charge in [0.05, 0.1) is 16.9 Å². The number of aryl methyl sites for hydroxylation is 1. The molecular formula is C47H29BN2O3. The van der Waals surface area contributed by atoms with Crippen LogP contribution in [0.1, 0.15) is 5.56 Å². The van der Waals surface area contributed by atoms with Gasteiger partial charge in [-0.3, -0.25) is 0 Å². The van der Waals surface area contributed by atoms with Crippen molar-refractivity contribution in [2.45, 2.75) is 6.92 Å². The molecule has 53 heavy (non-hydrogen) atoms. The lowest BCUT2D eigenvalue weighted by Crippen LogP contribution is -2.37. The Morgan fingerprint density at radius 3 is 2.19 bits per heavy atom. The number of hydrogen-bond donors (Lipinski definition) is 1. The van der Waals surface area contributed by atoms with Gasteiger partial charge < -0.3 is 23.8 Å². The van der Waals surface area contributed by atoms with Gasteiger partial charge in [0.15, 0.2) is 35.9 Å². The summed E-state index contributed by atoms with van der Waals surface area (Å²) in [4.78, 5) is 0. The van der Waals surface area contributed by atoms with Gasteiger partial charge in [0.2, 0.25) is 0 Å². The van der Waals surface area contributed by atoms with Gasteiger partial charge in [0.25, 0.3) is 0 Å². The van der Waals surface area contributed by atoms with E-state index in [-0.39, 0.29) is 0 Å². The molecule has 2 aliphatic rings. The fourth-order valence-corrected chi connectivity index (χ4v) is 8.81. The van der Waals surface area contributed by atoms with Gasteiger partial charge in [-0.15, -0.1) is 0 Å². The van der Waals surface area contributed by atoms with E-state index in [1.165, 1.54) is 54.8 Å². The Hall–Kier alpha value is -6.92. The molecule has 8 aromatic carbocycles. The minimum absolute atomic E-state index is 0.656. The first-order valence-electron chi connectivity index (χ1n) is 18.0. The molecule has 12 rings (SSSR count). The number of hydrogen-bond acceptors (Lipinski definition) is 4. The van der Waals surface area contributed by atoms with Gasteiger partial charge in [-0.1, -0.05) is 103 Å². The molecule has 6 heteroatoms. The highest BCUT2D eigenvalue weighted by atomic mass is 16.6. The van der Waals surface area contributed by atoms with Crippen molar-refractivity contribution in [2.75, 3.05) is 5.32 Å². The Morgan fingerprint density at radius 1 is 0.566 bits per heavy atom. The number of ether oxygens (including phenoxy) is 2. The van der Waals surface area contributed by atoms with Crippen molar-refractivity contribution >= 4 is 84.1 Å². The van der Waals surface area contributed by atoms with Crippen molar-refractivity contribution in [3.8, 4) is 39.8 Å². The van der Waals surface area contributed by atoms with Crippen LogP contribution in [0.25, 0.3) is 71.3 Å². The molecule has 0 fully saturated rings. The molecule has 0 aliphatic carbocycles. The molecule has 248 valence electrons. The van der Waals surface area contributed by atoms with Crippen molar-refractivity contribution in [1.29, 1.82) is 0 Å². The number of nitrogens with zero attached hydrogens (tertiary/aromatic N) is 1. The largest absolute Gasteiger partial charge is 0.454 e. The molecule has 10 aromatic rings. The molecule has 4 heterocycles. The highest BCUT2D eigenvalue weighted by Crippen LogP contribution is 2.50. The summed E-state index contributed by atoms with van der Waals surface area (Å²) < 4.78 is 22.0. The van der Waals surface area contributed by atoms with Crippen molar-refractivity contribution in [3.05, 3.63) is 151 Å². The zero-order valence-electron chi connectivity index (χ0n) is 28.7. The van der Waals surface area contributed by atoms with Crippen LogP contribution in [-0.4, -0.2) is 11.8 Å². The van der Waals surface area contributed by atoms with Crippen LogP contribution in [0.15, 0.2) is 150 Å². The number of rotatable bonds is 3. The molecule has 0 saturated carbocycles. The molecule has 1 N–H and O–H groups in total. The normalized spacial score (nSPS) is 12.7.